The number of likely N-dealkylation sites (N-methyl/N-ethyl adjacent to an activating group) is 1. The number of hydrogen-bond acceptors (Lipinski definition) is 3. The van der Waals surface area contributed by atoms with Crippen molar-refractivity contribution in [2.24, 2.45) is 0 Å². The molecule has 4 nitrogen and oxygen atoms in total. The first-order chi connectivity index (χ1) is 10.6. The average molecular weight is 298 g/mol. The van der Waals surface area contributed by atoms with Crippen LogP contribution in [0.25, 0.3) is 0 Å². The lowest BCUT2D eigenvalue weighted by Crippen LogP contribution is -2.39. The number of nitrogens with zero attached hydrogens (tertiary/aromatic N) is 1. The summed E-state index contributed by atoms with van der Waals surface area (Å²) >= 11 is 0. The molecule has 0 bridgehead atoms. The minimum Gasteiger partial charge on any atom is -0.495 e. The number of methoxy groups -OCH3 is 1. The largest absolute Gasteiger partial charge is 0.495 e. The van der Waals surface area contributed by atoms with Crippen molar-refractivity contribution in [3.63, 3.8) is 0 Å². The number of benzene rings is 2. The van der Waals surface area contributed by atoms with Gasteiger partial charge in [0, 0.05) is 6.54 Å². The van der Waals surface area contributed by atoms with Gasteiger partial charge in [0.15, 0.2) is 0 Å². The fourth-order valence-corrected chi connectivity index (χ4v) is 2.19. The van der Waals surface area contributed by atoms with Crippen molar-refractivity contribution < 1.29 is 9.53 Å². The summed E-state index contributed by atoms with van der Waals surface area (Å²) in [6.45, 7) is 2.62. The number of anilines is 1. The van der Waals surface area contributed by atoms with Gasteiger partial charge in [-0.1, -0.05) is 42.5 Å². The Bertz CT molecular complexity index is 613. The summed E-state index contributed by atoms with van der Waals surface area (Å²) in [5, 5.41) is 2.92. The van der Waals surface area contributed by atoms with Crippen molar-refractivity contribution in [3.05, 3.63) is 60.2 Å². The quantitative estimate of drug-likeness (QED) is 0.890. The van der Waals surface area contributed by atoms with Crippen molar-refractivity contribution in [2.75, 3.05) is 19.5 Å². The number of nitrogens with one attached hydrogen (secondary N) is 1. The second-order valence-corrected chi connectivity index (χ2v) is 5.27. The molecule has 0 fully saturated rings. The number of carbonyl (C=O) groups excluding carboxylic acids is 1. The maximum atomic E-state index is 12.4. The molecule has 2 rings (SSSR count). The smallest absolute Gasteiger partial charge is 0.241 e. The van der Waals surface area contributed by atoms with Gasteiger partial charge in [-0.2, -0.15) is 0 Å². The van der Waals surface area contributed by atoms with Crippen molar-refractivity contribution in [3.8, 4) is 5.75 Å². The number of ether oxygens (including phenoxy) is 1. The molecule has 22 heavy (non-hydrogen) atoms. The summed E-state index contributed by atoms with van der Waals surface area (Å²) < 4.78 is 5.25. The minimum absolute atomic E-state index is 0.0528. The van der Waals surface area contributed by atoms with Crippen LogP contribution in [0.4, 0.5) is 5.69 Å². The zero-order valence-corrected chi connectivity index (χ0v) is 13.2. The van der Waals surface area contributed by atoms with Crippen LogP contribution in [0.5, 0.6) is 5.75 Å². The first-order valence-electron chi connectivity index (χ1n) is 7.30. The van der Waals surface area contributed by atoms with Crippen LogP contribution >= 0.6 is 0 Å². The summed E-state index contributed by atoms with van der Waals surface area (Å²) in [4.78, 5) is 14.4. The fraction of sp³-hybridized carbons (Fsp3) is 0.278. The third-order valence-electron chi connectivity index (χ3n) is 3.68. The van der Waals surface area contributed by atoms with Gasteiger partial charge in [-0.15, -0.1) is 0 Å². The number of carbonyl (C=O) groups is 1. The number of para-hydroxylation sites is 2. The van der Waals surface area contributed by atoms with E-state index in [-0.39, 0.29) is 11.9 Å². The van der Waals surface area contributed by atoms with E-state index in [1.165, 1.54) is 5.56 Å². The molecule has 0 heterocycles. The molecular formula is C18H22N2O2. The number of hydrogen-bond donors (Lipinski definition) is 1. The number of amides is 1. The van der Waals surface area contributed by atoms with Gasteiger partial charge in [-0.25, -0.2) is 0 Å². The molecule has 0 aliphatic heterocycles. The molecule has 0 saturated heterocycles. The summed E-state index contributed by atoms with van der Waals surface area (Å²) in [5.41, 5.74) is 1.87. The van der Waals surface area contributed by atoms with Crippen molar-refractivity contribution in [2.45, 2.75) is 19.5 Å². The Morgan fingerprint density at radius 1 is 1.14 bits per heavy atom. The molecule has 2 aromatic carbocycles. The highest BCUT2D eigenvalue weighted by Gasteiger charge is 2.19. The number of rotatable bonds is 6. The van der Waals surface area contributed by atoms with Crippen LogP contribution in [-0.2, 0) is 11.3 Å². The molecule has 0 aliphatic carbocycles. The van der Waals surface area contributed by atoms with E-state index in [4.69, 9.17) is 4.74 Å². The second-order valence-electron chi connectivity index (χ2n) is 5.27. The fourth-order valence-electron chi connectivity index (χ4n) is 2.19. The van der Waals surface area contributed by atoms with Gasteiger partial charge in [-0.3, -0.25) is 9.69 Å². The molecule has 1 N–H and O–H groups in total. The zero-order chi connectivity index (χ0) is 15.9. The van der Waals surface area contributed by atoms with Gasteiger partial charge in [0.05, 0.1) is 18.8 Å². The molecule has 1 atom stereocenters. The molecule has 0 unspecified atom stereocenters. The zero-order valence-electron chi connectivity index (χ0n) is 13.2. The van der Waals surface area contributed by atoms with Crippen molar-refractivity contribution >= 4 is 11.6 Å². The van der Waals surface area contributed by atoms with Gasteiger partial charge in [0.25, 0.3) is 0 Å². The third kappa shape index (κ3) is 4.09. The standard InChI is InChI=1S/C18H22N2O2/c1-14(20(2)13-15-9-5-4-6-10-15)18(21)19-16-11-7-8-12-17(16)22-3/h4-12,14H,13H2,1-3H3,(H,19,21)/t14-/m1/s1. The van der Waals surface area contributed by atoms with Gasteiger partial charge in [-0.05, 0) is 31.7 Å². The van der Waals surface area contributed by atoms with Crippen LogP contribution in [0.3, 0.4) is 0 Å². The summed E-state index contributed by atoms with van der Waals surface area (Å²) in [6, 6.07) is 17.3. The molecule has 116 valence electrons. The van der Waals surface area contributed by atoms with E-state index in [1.807, 2.05) is 61.3 Å². The Balaban J connectivity index is 1.99. The Kier molecular flexibility index (Phi) is 5.55. The highest BCUT2D eigenvalue weighted by molar-refractivity contribution is 5.95. The summed E-state index contributed by atoms with van der Waals surface area (Å²) in [6.07, 6.45) is 0. The van der Waals surface area contributed by atoms with Gasteiger partial charge in [0.1, 0.15) is 5.75 Å². The van der Waals surface area contributed by atoms with E-state index >= 15 is 0 Å². The van der Waals surface area contributed by atoms with Gasteiger partial charge in [0.2, 0.25) is 5.91 Å². The Labute approximate surface area is 131 Å². The molecular weight excluding hydrogens is 276 g/mol. The first kappa shape index (κ1) is 16.0. The minimum atomic E-state index is -0.245. The molecule has 1 amide bonds. The monoisotopic (exact) mass is 298 g/mol. The van der Waals surface area contributed by atoms with Crippen LogP contribution in [-0.4, -0.2) is 31.0 Å². The average Bonchev–Trinajstić information content (AvgIpc) is 2.55. The van der Waals surface area contributed by atoms with Crippen LogP contribution in [0, 0.1) is 0 Å². The van der Waals surface area contributed by atoms with Crippen molar-refractivity contribution in [1.82, 2.24) is 4.90 Å². The molecule has 2 aromatic rings. The SMILES string of the molecule is COc1ccccc1NC(=O)[C@@H](C)N(C)Cc1ccccc1. The highest BCUT2D eigenvalue weighted by atomic mass is 16.5. The Hall–Kier alpha value is -2.33. The predicted octanol–water partition coefficient (Wildman–Crippen LogP) is 3.15. The van der Waals surface area contributed by atoms with Crippen molar-refractivity contribution in [1.29, 1.82) is 0 Å². The lowest BCUT2D eigenvalue weighted by molar-refractivity contribution is -0.120. The lowest BCUT2D eigenvalue weighted by Gasteiger charge is -2.24. The van der Waals surface area contributed by atoms with Crippen LogP contribution in [0.15, 0.2) is 54.6 Å². The topological polar surface area (TPSA) is 41.6 Å². The van der Waals surface area contributed by atoms with Gasteiger partial charge >= 0.3 is 0 Å². The summed E-state index contributed by atoms with van der Waals surface area (Å²) in [5.74, 6) is 0.608. The molecule has 4 heteroatoms. The third-order valence-corrected chi connectivity index (χ3v) is 3.68. The van der Waals surface area contributed by atoms with Crippen LogP contribution in [0.1, 0.15) is 12.5 Å². The lowest BCUT2D eigenvalue weighted by atomic mass is 10.2. The van der Waals surface area contributed by atoms with E-state index in [9.17, 15) is 4.79 Å². The molecule has 0 aliphatic rings. The van der Waals surface area contributed by atoms with Gasteiger partial charge < -0.3 is 10.1 Å². The molecule has 0 aromatic heterocycles. The van der Waals surface area contributed by atoms with E-state index < -0.39 is 0 Å². The highest BCUT2D eigenvalue weighted by Crippen LogP contribution is 2.23. The van der Waals surface area contributed by atoms with E-state index in [1.54, 1.807) is 7.11 Å². The van der Waals surface area contributed by atoms with E-state index in [0.717, 1.165) is 6.54 Å². The van der Waals surface area contributed by atoms with Crippen LogP contribution < -0.4 is 10.1 Å². The first-order valence-corrected chi connectivity index (χ1v) is 7.30. The maximum Gasteiger partial charge on any atom is 0.241 e. The normalized spacial score (nSPS) is 12.0. The molecule has 0 radical (unpaired) electrons. The predicted molar refractivity (Wildman–Crippen MR) is 89.0 cm³/mol. The Morgan fingerprint density at radius 3 is 2.45 bits per heavy atom. The molecule has 0 saturated carbocycles. The Morgan fingerprint density at radius 2 is 1.77 bits per heavy atom. The van der Waals surface area contributed by atoms with E-state index in [0.29, 0.717) is 11.4 Å². The van der Waals surface area contributed by atoms with E-state index in [2.05, 4.69) is 17.4 Å². The maximum absolute atomic E-state index is 12.4. The summed E-state index contributed by atoms with van der Waals surface area (Å²) in [7, 11) is 3.54. The second kappa shape index (κ2) is 7.61. The van der Waals surface area contributed by atoms with Crippen LogP contribution in [0.2, 0.25) is 0 Å². The molecule has 0 spiro atoms.